The number of anilines is 2. The third-order valence-electron chi connectivity index (χ3n) is 5.60. The second kappa shape index (κ2) is 9.14. The van der Waals surface area contributed by atoms with Gasteiger partial charge in [0.15, 0.2) is 0 Å². The standard InChI is InChI=1S/C24H24ClN3O4/c1-15-12-22(28(16(2)29)19-10-8-17(25)9-11-19)20-6-4-5-7-21(20)27(15)24(30)23-13-18(14-31-3)26-32-23/h4-11,13,15,22H,12,14H2,1-3H3/t15-,22+/m0/s1. The van der Waals surface area contributed by atoms with E-state index in [1.54, 1.807) is 42.0 Å². The van der Waals surface area contributed by atoms with Gasteiger partial charge < -0.3 is 19.1 Å². The molecule has 0 spiro atoms. The molecule has 8 heteroatoms. The van der Waals surface area contributed by atoms with E-state index >= 15 is 0 Å². The molecule has 2 amide bonds. The number of amides is 2. The fraction of sp³-hybridized carbons (Fsp3) is 0.292. The van der Waals surface area contributed by atoms with Gasteiger partial charge in [0, 0.05) is 42.5 Å². The minimum absolute atomic E-state index is 0.0847. The number of carbonyl (C=O) groups is 2. The Kier molecular flexibility index (Phi) is 6.30. The molecule has 0 fully saturated rings. The number of halogens is 1. The Bertz CT molecular complexity index is 1130. The zero-order valence-corrected chi connectivity index (χ0v) is 18.9. The van der Waals surface area contributed by atoms with Crippen LogP contribution in [0.4, 0.5) is 11.4 Å². The Balaban J connectivity index is 1.73. The molecule has 7 nitrogen and oxygen atoms in total. The first-order valence-corrected chi connectivity index (χ1v) is 10.7. The molecule has 1 aliphatic rings. The maximum Gasteiger partial charge on any atom is 0.297 e. The van der Waals surface area contributed by atoms with E-state index in [1.165, 1.54) is 0 Å². The number of aromatic nitrogens is 1. The summed E-state index contributed by atoms with van der Waals surface area (Å²) in [6, 6.07) is 16.0. The quantitative estimate of drug-likeness (QED) is 0.543. The predicted octanol–water partition coefficient (Wildman–Crippen LogP) is 5.01. The van der Waals surface area contributed by atoms with Crippen molar-refractivity contribution in [2.24, 2.45) is 0 Å². The molecule has 0 saturated heterocycles. The predicted molar refractivity (Wildman–Crippen MR) is 122 cm³/mol. The number of rotatable bonds is 5. The summed E-state index contributed by atoms with van der Waals surface area (Å²) in [4.78, 5) is 29.6. The smallest absolute Gasteiger partial charge is 0.297 e. The lowest BCUT2D eigenvalue weighted by Crippen LogP contribution is -2.47. The lowest BCUT2D eigenvalue weighted by molar-refractivity contribution is -0.117. The number of benzene rings is 2. The van der Waals surface area contributed by atoms with E-state index in [1.807, 2.05) is 43.3 Å². The first-order chi connectivity index (χ1) is 15.4. The topological polar surface area (TPSA) is 75.9 Å². The van der Waals surface area contributed by atoms with Crippen LogP contribution in [0.25, 0.3) is 0 Å². The summed E-state index contributed by atoms with van der Waals surface area (Å²) in [5, 5.41) is 4.51. The Morgan fingerprint density at radius 1 is 1.22 bits per heavy atom. The molecule has 0 radical (unpaired) electrons. The summed E-state index contributed by atoms with van der Waals surface area (Å²) < 4.78 is 10.4. The van der Waals surface area contributed by atoms with Crippen molar-refractivity contribution in [1.29, 1.82) is 0 Å². The molecule has 4 rings (SSSR count). The van der Waals surface area contributed by atoms with Gasteiger partial charge in [-0.1, -0.05) is 35.0 Å². The minimum Gasteiger partial charge on any atom is -0.378 e. The highest BCUT2D eigenvalue weighted by molar-refractivity contribution is 6.30. The van der Waals surface area contributed by atoms with Crippen LogP contribution < -0.4 is 9.80 Å². The van der Waals surface area contributed by atoms with Crippen molar-refractivity contribution in [3.8, 4) is 0 Å². The summed E-state index contributed by atoms with van der Waals surface area (Å²) in [6.45, 7) is 3.78. The maximum absolute atomic E-state index is 13.4. The van der Waals surface area contributed by atoms with Gasteiger partial charge in [0.2, 0.25) is 11.7 Å². The van der Waals surface area contributed by atoms with Crippen LogP contribution in [0, 0.1) is 0 Å². The van der Waals surface area contributed by atoms with Crippen molar-refractivity contribution in [2.45, 2.75) is 39.0 Å². The Morgan fingerprint density at radius 3 is 2.62 bits per heavy atom. The van der Waals surface area contributed by atoms with Crippen molar-refractivity contribution in [3.63, 3.8) is 0 Å². The number of methoxy groups -OCH3 is 1. The third kappa shape index (κ3) is 4.13. The molecule has 2 atom stereocenters. The Labute approximate surface area is 191 Å². The van der Waals surface area contributed by atoms with Gasteiger partial charge in [-0.2, -0.15) is 0 Å². The molecule has 166 valence electrons. The van der Waals surface area contributed by atoms with Gasteiger partial charge in [0.05, 0.1) is 12.6 Å². The Hall–Kier alpha value is -3.16. The fourth-order valence-electron chi connectivity index (χ4n) is 4.27. The van der Waals surface area contributed by atoms with E-state index in [9.17, 15) is 9.59 Å². The van der Waals surface area contributed by atoms with Crippen molar-refractivity contribution < 1.29 is 18.8 Å². The van der Waals surface area contributed by atoms with E-state index in [0.717, 1.165) is 16.9 Å². The highest BCUT2D eigenvalue weighted by atomic mass is 35.5. The number of ether oxygens (including phenoxy) is 1. The van der Waals surface area contributed by atoms with Crippen LogP contribution in [0.3, 0.4) is 0 Å². The first-order valence-electron chi connectivity index (χ1n) is 10.3. The molecule has 3 aromatic rings. The zero-order chi connectivity index (χ0) is 22.8. The van der Waals surface area contributed by atoms with Crippen LogP contribution in [-0.2, 0) is 16.1 Å². The first kappa shape index (κ1) is 22.0. The number of para-hydroxylation sites is 1. The lowest BCUT2D eigenvalue weighted by Gasteiger charge is -2.43. The van der Waals surface area contributed by atoms with Crippen LogP contribution in [-0.4, -0.2) is 30.1 Å². The average molecular weight is 454 g/mol. The van der Waals surface area contributed by atoms with Crippen molar-refractivity contribution in [3.05, 3.63) is 76.6 Å². The van der Waals surface area contributed by atoms with Crippen molar-refractivity contribution in [2.75, 3.05) is 16.9 Å². The molecule has 32 heavy (non-hydrogen) atoms. The van der Waals surface area contributed by atoms with E-state index in [4.69, 9.17) is 20.9 Å². The summed E-state index contributed by atoms with van der Waals surface area (Å²) >= 11 is 6.05. The zero-order valence-electron chi connectivity index (χ0n) is 18.1. The van der Waals surface area contributed by atoms with Crippen LogP contribution in [0.15, 0.2) is 59.1 Å². The number of nitrogens with zero attached hydrogens (tertiary/aromatic N) is 3. The van der Waals surface area contributed by atoms with E-state index in [0.29, 0.717) is 17.1 Å². The molecular weight excluding hydrogens is 430 g/mol. The van der Waals surface area contributed by atoms with Crippen LogP contribution in [0.5, 0.6) is 0 Å². The molecule has 0 unspecified atom stereocenters. The summed E-state index contributed by atoms with van der Waals surface area (Å²) in [7, 11) is 1.56. The monoisotopic (exact) mass is 453 g/mol. The van der Waals surface area contributed by atoms with Gasteiger partial charge in [0.25, 0.3) is 5.91 Å². The number of carbonyl (C=O) groups excluding carboxylic acids is 2. The normalized spacial score (nSPS) is 17.7. The number of hydrogen-bond acceptors (Lipinski definition) is 5. The van der Waals surface area contributed by atoms with E-state index in [-0.39, 0.29) is 36.3 Å². The molecule has 1 aliphatic heterocycles. The van der Waals surface area contributed by atoms with Crippen LogP contribution >= 0.6 is 11.6 Å². The number of fused-ring (bicyclic) bond motifs is 1. The van der Waals surface area contributed by atoms with Gasteiger partial charge in [-0.25, -0.2) is 0 Å². The van der Waals surface area contributed by atoms with Crippen molar-refractivity contribution in [1.82, 2.24) is 5.16 Å². The maximum atomic E-state index is 13.4. The van der Waals surface area contributed by atoms with Gasteiger partial charge >= 0.3 is 0 Å². The highest BCUT2D eigenvalue weighted by Crippen LogP contribution is 2.42. The van der Waals surface area contributed by atoms with Gasteiger partial charge in [0.1, 0.15) is 5.69 Å². The van der Waals surface area contributed by atoms with Gasteiger partial charge in [-0.05, 0) is 49.2 Å². The summed E-state index contributed by atoms with van der Waals surface area (Å²) in [5.41, 5.74) is 2.94. The highest BCUT2D eigenvalue weighted by Gasteiger charge is 2.39. The molecule has 2 aromatic carbocycles. The molecule has 0 bridgehead atoms. The van der Waals surface area contributed by atoms with Crippen LogP contribution in [0.1, 0.15) is 48.1 Å². The second-order valence-corrected chi connectivity index (χ2v) is 8.25. The molecule has 0 N–H and O–H groups in total. The van der Waals surface area contributed by atoms with E-state index < -0.39 is 0 Å². The SMILES string of the molecule is COCc1cc(C(=O)N2c3ccccc3[C@H](N(C(C)=O)c3ccc(Cl)cc3)C[C@@H]2C)on1. The van der Waals surface area contributed by atoms with E-state index in [2.05, 4.69) is 5.16 Å². The minimum atomic E-state index is -0.279. The van der Waals surface area contributed by atoms with Crippen molar-refractivity contribution >= 4 is 34.8 Å². The Morgan fingerprint density at radius 2 is 1.94 bits per heavy atom. The molecule has 0 aliphatic carbocycles. The average Bonchev–Trinajstić information content (AvgIpc) is 3.24. The molecule has 2 heterocycles. The second-order valence-electron chi connectivity index (χ2n) is 7.82. The number of hydrogen-bond donors (Lipinski definition) is 0. The molecule has 1 aromatic heterocycles. The summed E-state index contributed by atoms with van der Waals surface area (Å²) in [6.07, 6.45) is 0.560. The van der Waals surface area contributed by atoms with Gasteiger partial charge in [-0.15, -0.1) is 0 Å². The van der Waals surface area contributed by atoms with Crippen LogP contribution in [0.2, 0.25) is 5.02 Å². The largest absolute Gasteiger partial charge is 0.378 e. The lowest BCUT2D eigenvalue weighted by atomic mass is 9.89. The summed E-state index contributed by atoms with van der Waals surface area (Å²) in [5.74, 6) is -0.212. The molecule has 0 saturated carbocycles. The fourth-order valence-corrected chi connectivity index (χ4v) is 4.39. The molecular formula is C24H24ClN3O4. The third-order valence-corrected chi connectivity index (χ3v) is 5.85. The van der Waals surface area contributed by atoms with Gasteiger partial charge in [-0.3, -0.25) is 9.59 Å².